The summed E-state index contributed by atoms with van der Waals surface area (Å²) in [6.45, 7) is 3.88. The summed E-state index contributed by atoms with van der Waals surface area (Å²) in [5.74, 6) is -2.36. The highest BCUT2D eigenvalue weighted by atomic mass is 19.4. The van der Waals surface area contributed by atoms with E-state index in [2.05, 4.69) is 10.3 Å². The second-order valence-electron chi connectivity index (χ2n) is 6.98. The van der Waals surface area contributed by atoms with E-state index in [4.69, 9.17) is 0 Å². The van der Waals surface area contributed by atoms with Gasteiger partial charge in [-0.3, -0.25) is 14.6 Å². The average molecular weight is 391 g/mol. The molecule has 3 rings (SSSR count). The Morgan fingerprint density at radius 2 is 1.82 bits per heavy atom. The predicted octanol–water partition coefficient (Wildman–Crippen LogP) is 3.53. The lowest BCUT2D eigenvalue weighted by molar-refractivity contribution is -0.138. The van der Waals surface area contributed by atoms with Crippen molar-refractivity contribution in [1.29, 1.82) is 0 Å². The second kappa shape index (κ2) is 7.26. The zero-order chi connectivity index (χ0) is 20.6. The summed E-state index contributed by atoms with van der Waals surface area (Å²) in [6, 6.07) is 6.27. The largest absolute Gasteiger partial charge is 0.416 e. The molecule has 1 saturated heterocycles. The molecule has 0 bridgehead atoms. The highest BCUT2D eigenvalue weighted by Gasteiger charge is 2.44. The summed E-state index contributed by atoms with van der Waals surface area (Å²) in [4.78, 5) is 31.0. The molecule has 2 atom stereocenters. The van der Waals surface area contributed by atoms with Crippen molar-refractivity contribution in [3.8, 4) is 0 Å². The number of pyridine rings is 1. The van der Waals surface area contributed by atoms with Crippen molar-refractivity contribution >= 4 is 17.5 Å². The van der Waals surface area contributed by atoms with E-state index in [0.717, 1.165) is 23.4 Å². The smallest absolute Gasteiger partial charge is 0.344 e. The Hall–Kier alpha value is -2.90. The lowest BCUT2D eigenvalue weighted by Crippen LogP contribution is -2.33. The summed E-state index contributed by atoms with van der Waals surface area (Å²) in [5.41, 5.74) is 1.87. The summed E-state index contributed by atoms with van der Waals surface area (Å²) in [7, 11) is 1.58. The number of likely N-dealkylation sites (tertiary alicyclic amines) is 1. The van der Waals surface area contributed by atoms with Gasteiger partial charge >= 0.3 is 6.18 Å². The first-order valence-electron chi connectivity index (χ1n) is 8.75. The molecule has 2 amide bonds. The van der Waals surface area contributed by atoms with Gasteiger partial charge in [0, 0.05) is 37.1 Å². The number of hydrogen-bond acceptors (Lipinski definition) is 3. The summed E-state index contributed by atoms with van der Waals surface area (Å²) in [5, 5.41) is 2.77. The molecule has 0 aliphatic carbocycles. The minimum absolute atomic E-state index is 0.261. The first kappa shape index (κ1) is 19.9. The number of alkyl halides is 3. The molecule has 2 aromatic rings. The zero-order valence-electron chi connectivity index (χ0n) is 15.7. The van der Waals surface area contributed by atoms with Gasteiger partial charge in [-0.2, -0.15) is 13.2 Å². The van der Waals surface area contributed by atoms with E-state index in [0.29, 0.717) is 11.3 Å². The van der Waals surface area contributed by atoms with Gasteiger partial charge in [-0.05, 0) is 43.2 Å². The van der Waals surface area contributed by atoms with Crippen molar-refractivity contribution in [3.05, 3.63) is 58.9 Å². The molecular formula is C20H20F3N3O2. The van der Waals surface area contributed by atoms with Crippen molar-refractivity contribution in [1.82, 2.24) is 9.88 Å². The number of nitrogens with one attached hydrogen (secondary N) is 1. The maximum absolute atomic E-state index is 12.9. The molecule has 0 saturated carbocycles. The van der Waals surface area contributed by atoms with Gasteiger partial charge in [-0.25, -0.2) is 0 Å². The molecule has 1 aromatic heterocycles. The number of carbonyl (C=O) groups excluding carboxylic acids is 2. The molecule has 5 nitrogen and oxygen atoms in total. The van der Waals surface area contributed by atoms with E-state index in [1.54, 1.807) is 19.3 Å². The molecule has 1 fully saturated rings. The van der Waals surface area contributed by atoms with Gasteiger partial charge in [-0.1, -0.05) is 12.1 Å². The summed E-state index contributed by atoms with van der Waals surface area (Å²) in [6.07, 6.45) is -2.87. The van der Waals surface area contributed by atoms with Crippen LogP contribution < -0.4 is 5.32 Å². The predicted molar refractivity (Wildman–Crippen MR) is 97.7 cm³/mol. The van der Waals surface area contributed by atoms with Crippen LogP contribution in [0.3, 0.4) is 0 Å². The topological polar surface area (TPSA) is 62.3 Å². The van der Waals surface area contributed by atoms with Crippen LogP contribution in [0.2, 0.25) is 0 Å². The number of nitrogens with zero attached hydrogens (tertiary/aromatic N) is 2. The molecule has 8 heteroatoms. The molecule has 1 aliphatic rings. The highest BCUT2D eigenvalue weighted by Crippen LogP contribution is 2.36. The fraction of sp³-hybridized carbons (Fsp3) is 0.350. The van der Waals surface area contributed by atoms with Gasteiger partial charge in [0.15, 0.2) is 0 Å². The highest BCUT2D eigenvalue weighted by molar-refractivity contribution is 6.08. The van der Waals surface area contributed by atoms with E-state index < -0.39 is 29.5 Å². The van der Waals surface area contributed by atoms with Crippen LogP contribution in [0.5, 0.6) is 0 Å². The number of halogens is 3. The maximum atomic E-state index is 12.9. The summed E-state index contributed by atoms with van der Waals surface area (Å²) >= 11 is 0. The number of aromatic nitrogens is 1. The van der Waals surface area contributed by atoms with Gasteiger partial charge < -0.3 is 10.2 Å². The van der Waals surface area contributed by atoms with Crippen LogP contribution in [0.1, 0.15) is 28.3 Å². The first-order chi connectivity index (χ1) is 13.1. The average Bonchev–Trinajstić information content (AvgIpc) is 2.93. The molecule has 0 spiro atoms. The Balaban J connectivity index is 1.88. The maximum Gasteiger partial charge on any atom is 0.416 e. The van der Waals surface area contributed by atoms with Crippen LogP contribution in [0.4, 0.5) is 18.9 Å². The van der Waals surface area contributed by atoms with Crippen molar-refractivity contribution < 1.29 is 22.8 Å². The number of rotatable bonds is 3. The quantitative estimate of drug-likeness (QED) is 0.815. The first-order valence-corrected chi connectivity index (χ1v) is 8.75. The monoisotopic (exact) mass is 391 g/mol. The van der Waals surface area contributed by atoms with Crippen molar-refractivity contribution in [2.24, 2.45) is 5.92 Å². The lowest BCUT2D eigenvalue weighted by atomic mass is 9.87. The third-order valence-electron chi connectivity index (χ3n) is 5.18. The third kappa shape index (κ3) is 3.72. The van der Waals surface area contributed by atoms with E-state index in [1.807, 2.05) is 13.8 Å². The van der Waals surface area contributed by atoms with E-state index in [-0.39, 0.29) is 12.5 Å². The van der Waals surface area contributed by atoms with Gasteiger partial charge in [0.2, 0.25) is 11.8 Å². The molecule has 1 N–H and O–H groups in total. The molecule has 0 radical (unpaired) electrons. The molecule has 1 aliphatic heterocycles. The number of anilines is 1. The zero-order valence-corrected chi connectivity index (χ0v) is 15.7. The Morgan fingerprint density at radius 3 is 2.43 bits per heavy atom. The van der Waals surface area contributed by atoms with Crippen molar-refractivity contribution in [2.75, 3.05) is 18.9 Å². The fourth-order valence-corrected chi connectivity index (χ4v) is 3.40. The van der Waals surface area contributed by atoms with Gasteiger partial charge in [0.25, 0.3) is 0 Å². The van der Waals surface area contributed by atoms with Crippen LogP contribution in [-0.4, -0.2) is 35.3 Å². The number of hydrogen-bond donors (Lipinski definition) is 1. The fourth-order valence-electron chi connectivity index (χ4n) is 3.40. The standard InChI is InChI=1S/C20H20F3N3O2/c1-11-12(2)24-9-8-16(11)25-18(27)17-15(10-26(3)19(17)28)13-4-6-14(7-5-13)20(21,22)23/h4-9,15,17H,10H2,1-3H3,(H,24,25,27)/t15-,17+/m0/s1. The second-order valence-corrected chi connectivity index (χ2v) is 6.98. The normalized spacial score (nSPS) is 19.8. The van der Waals surface area contributed by atoms with Crippen LogP contribution in [0, 0.1) is 19.8 Å². The Labute approximate surface area is 160 Å². The molecule has 148 valence electrons. The SMILES string of the molecule is Cc1nccc(NC(=O)[C@@H]2C(=O)N(C)C[C@H]2c2ccc(C(F)(F)F)cc2)c1C. The number of carbonyl (C=O) groups is 2. The summed E-state index contributed by atoms with van der Waals surface area (Å²) < 4.78 is 38.4. The Kier molecular flexibility index (Phi) is 5.14. The lowest BCUT2D eigenvalue weighted by Gasteiger charge is -2.18. The van der Waals surface area contributed by atoms with E-state index >= 15 is 0 Å². The van der Waals surface area contributed by atoms with Crippen LogP contribution in [-0.2, 0) is 15.8 Å². The molecule has 28 heavy (non-hydrogen) atoms. The van der Waals surface area contributed by atoms with Gasteiger partial charge in [0.05, 0.1) is 5.56 Å². The van der Waals surface area contributed by atoms with Crippen LogP contribution in [0.25, 0.3) is 0 Å². The number of amides is 2. The van der Waals surface area contributed by atoms with Crippen LogP contribution in [0.15, 0.2) is 36.5 Å². The number of aryl methyl sites for hydroxylation is 1. The molecule has 1 aromatic carbocycles. The third-order valence-corrected chi connectivity index (χ3v) is 5.18. The van der Waals surface area contributed by atoms with Crippen LogP contribution >= 0.6 is 0 Å². The number of benzene rings is 1. The number of likely N-dealkylation sites (N-methyl/N-ethyl adjacent to an activating group) is 1. The minimum Gasteiger partial charge on any atom is -0.344 e. The molecule has 2 heterocycles. The van der Waals surface area contributed by atoms with E-state index in [9.17, 15) is 22.8 Å². The van der Waals surface area contributed by atoms with Gasteiger partial charge in [-0.15, -0.1) is 0 Å². The van der Waals surface area contributed by atoms with Gasteiger partial charge in [0.1, 0.15) is 5.92 Å². The van der Waals surface area contributed by atoms with E-state index in [1.165, 1.54) is 17.0 Å². The molecular weight excluding hydrogens is 371 g/mol. The van der Waals surface area contributed by atoms with Crippen molar-refractivity contribution in [2.45, 2.75) is 25.9 Å². The van der Waals surface area contributed by atoms with Crippen molar-refractivity contribution in [3.63, 3.8) is 0 Å². The molecule has 0 unspecified atom stereocenters. The Morgan fingerprint density at radius 1 is 1.18 bits per heavy atom. The minimum atomic E-state index is -4.44. The Bertz CT molecular complexity index is 910.